The van der Waals surface area contributed by atoms with E-state index in [-0.39, 0.29) is 11.8 Å². The van der Waals surface area contributed by atoms with Gasteiger partial charge in [-0.1, -0.05) is 30.7 Å². The molecule has 0 unspecified atom stereocenters. The maximum absolute atomic E-state index is 12.4. The van der Waals surface area contributed by atoms with Crippen LogP contribution in [0, 0.1) is 5.92 Å². The van der Waals surface area contributed by atoms with E-state index in [9.17, 15) is 9.59 Å². The van der Waals surface area contributed by atoms with Gasteiger partial charge in [-0.15, -0.1) is 0 Å². The number of nitrogens with zero attached hydrogens (tertiary/aromatic N) is 1. The minimum Gasteiger partial charge on any atom is -0.368 e. The van der Waals surface area contributed by atoms with Crippen LogP contribution in [0.3, 0.4) is 0 Å². The summed E-state index contributed by atoms with van der Waals surface area (Å²) in [5.74, 6) is -0.196. The summed E-state index contributed by atoms with van der Waals surface area (Å²) >= 11 is 0. The monoisotopic (exact) mass is 258 g/mol. The Morgan fingerprint density at radius 3 is 2.42 bits per heavy atom. The van der Waals surface area contributed by atoms with Gasteiger partial charge in [0.05, 0.1) is 0 Å². The van der Waals surface area contributed by atoms with Crippen LogP contribution in [0.25, 0.3) is 0 Å². The first-order valence-electron chi connectivity index (χ1n) is 6.83. The third-order valence-corrected chi connectivity index (χ3v) is 4.31. The highest BCUT2D eigenvalue weighted by Gasteiger charge is 2.37. The van der Waals surface area contributed by atoms with Gasteiger partial charge in [-0.3, -0.25) is 9.59 Å². The molecule has 4 heteroatoms. The van der Waals surface area contributed by atoms with E-state index in [1.54, 1.807) is 4.90 Å². The van der Waals surface area contributed by atoms with Gasteiger partial charge in [0.15, 0.2) is 0 Å². The van der Waals surface area contributed by atoms with Gasteiger partial charge in [-0.2, -0.15) is 0 Å². The molecule has 2 amide bonds. The van der Waals surface area contributed by atoms with Gasteiger partial charge in [-0.05, 0) is 24.0 Å². The number of amides is 2. The Bertz CT molecular complexity index is 523. The molecule has 1 atom stereocenters. The van der Waals surface area contributed by atoms with Crippen molar-refractivity contribution in [1.82, 2.24) is 4.90 Å². The first-order chi connectivity index (χ1) is 9.16. The summed E-state index contributed by atoms with van der Waals surface area (Å²) in [5, 5.41) is 0. The van der Waals surface area contributed by atoms with E-state index in [2.05, 4.69) is 0 Å². The molecular weight excluding hydrogens is 240 g/mol. The zero-order chi connectivity index (χ0) is 13.4. The lowest BCUT2D eigenvalue weighted by molar-refractivity contribution is -0.146. The van der Waals surface area contributed by atoms with E-state index in [1.165, 1.54) is 0 Å². The molecule has 19 heavy (non-hydrogen) atoms. The third kappa shape index (κ3) is 2.11. The number of carbonyl (C=O) groups is 2. The average Bonchev–Trinajstić information content (AvgIpc) is 2.35. The molecule has 2 aliphatic rings. The fourth-order valence-electron chi connectivity index (χ4n) is 2.90. The molecule has 1 aliphatic heterocycles. The molecule has 0 radical (unpaired) electrons. The van der Waals surface area contributed by atoms with Gasteiger partial charge in [0, 0.05) is 18.9 Å². The summed E-state index contributed by atoms with van der Waals surface area (Å²) in [6.45, 7) is 0.513. The third-order valence-electron chi connectivity index (χ3n) is 4.31. The number of carbonyl (C=O) groups excluding carboxylic acids is 2. The molecule has 1 saturated carbocycles. The van der Waals surface area contributed by atoms with Crippen molar-refractivity contribution in [3.05, 3.63) is 35.4 Å². The Labute approximate surface area is 112 Å². The van der Waals surface area contributed by atoms with Gasteiger partial charge in [0.25, 0.3) is 0 Å². The van der Waals surface area contributed by atoms with E-state index in [4.69, 9.17) is 5.73 Å². The number of hydrogen-bond donors (Lipinski definition) is 1. The summed E-state index contributed by atoms with van der Waals surface area (Å²) in [5.41, 5.74) is 7.74. The Hall–Kier alpha value is -1.84. The predicted octanol–water partition coefficient (Wildman–Crippen LogP) is 1.23. The molecule has 1 aliphatic carbocycles. The first-order valence-corrected chi connectivity index (χ1v) is 6.83. The zero-order valence-corrected chi connectivity index (χ0v) is 10.8. The van der Waals surface area contributed by atoms with Gasteiger partial charge in [0.1, 0.15) is 6.04 Å². The van der Waals surface area contributed by atoms with Crippen molar-refractivity contribution in [3.63, 3.8) is 0 Å². The van der Waals surface area contributed by atoms with Crippen LogP contribution in [0.1, 0.15) is 30.4 Å². The van der Waals surface area contributed by atoms with Crippen molar-refractivity contribution < 1.29 is 9.59 Å². The molecule has 0 bridgehead atoms. The van der Waals surface area contributed by atoms with Gasteiger partial charge < -0.3 is 10.6 Å². The molecule has 4 nitrogen and oxygen atoms in total. The van der Waals surface area contributed by atoms with Crippen LogP contribution in [0.4, 0.5) is 0 Å². The van der Waals surface area contributed by atoms with Crippen LogP contribution in [0.15, 0.2) is 24.3 Å². The lowest BCUT2D eigenvalue weighted by Crippen LogP contribution is -2.53. The van der Waals surface area contributed by atoms with Crippen LogP contribution in [0.5, 0.6) is 0 Å². The van der Waals surface area contributed by atoms with E-state index in [0.717, 1.165) is 30.4 Å². The lowest BCUT2D eigenvalue weighted by atomic mass is 9.83. The van der Waals surface area contributed by atoms with Crippen LogP contribution in [0.2, 0.25) is 0 Å². The normalized spacial score (nSPS) is 22.5. The summed E-state index contributed by atoms with van der Waals surface area (Å²) < 4.78 is 0. The zero-order valence-electron chi connectivity index (χ0n) is 10.8. The number of rotatable bonds is 2. The van der Waals surface area contributed by atoms with Crippen molar-refractivity contribution in [2.45, 2.75) is 38.3 Å². The van der Waals surface area contributed by atoms with Crippen LogP contribution >= 0.6 is 0 Å². The smallest absolute Gasteiger partial charge is 0.240 e. The van der Waals surface area contributed by atoms with Crippen molar-refractivity contribution >= 4 is 11.8 Å². The Morgan fingerprint density at radius 1 is 1.16 bits per heavy atom. The summed E-state index contributed by atoms with van der Waals surface area (Å²) in [7, 11) is 0. The van der Waals surface area contributed by atoms with Gasteiger partial charge >= 0.3 is 0 Å². The van der Waals surface area contributed by atoms with Crippen LogP contribution in [-0.2, 0) is 22.6 Å². The van der Waals surface area contributed by atoms with Crippen molar-refractivity contribution in [2.75, 3.05) is 0 Å². The van der Waals surface area contributed by atoms with E-state index in [0.29, 0.717) is 13.0 Å². The molecular formula is C15H18N2O2. The first kappa shape index (κ1) is 12.2. The highest BCUT2D eigenvalue weighted by molar-refractivity contribution is 5.88. The van der Waals surface area contributed by atoms with Crippen LogP contribution in [-0.4, -0.2) is 22.8 Å². The Balaban J connectivity index is 1.89. The molecule has 1 aromatic rings. The molecule has 0 aromatic heterocycles. The largest absolute Gasteiger partial charge is 0.368 e. The summed E-state index contributed by atoms with van der Waals surface area (Å²) in [6, 6.07) is 7.47. The minimum absolute atomic E-state index is 0.101. The molecule has 0 saturated heterocycles. The average molecular weight is 258 g/mol. The van der Waals surface area contributed by atoms with Crippen molar-refractivity contribution in [1.29, 1.82) is 0 Å². The number of nitrogens with two attached hydrogens (primary N) is 1. The molecule has 2 N–H and O–H groups in total. The topological polar surface area (TPSA) is 63.4 Å². The number of fused-ring (bicyclic) bond motifs is 1. The van der Waals surface area contributed by atoms with E-state index < -0.39 is 11.9 Å². The molecule has 1 heterocycles. The van der Waals surface area contributed by atoms with E-state index in [1.807, 2.05) is 24.3 Å². The second kappa shape index (κ2) is 4.68. The molecule has 3 rings (SSSR count). The Morgan fingerprint density at radius 2 is 1.84 bits per heavy atom. The lowest BCUT2D eigenvalue weighted by Gasteiger charge is -2.39. The molecule has 1 fully saturated rings. The molecule has 100 valence electrons. The van der Waals surface area contributed by atoms with Gasteiger partial charge in [0.2, 0.25) is 11.8 Å². The van der Waals surface area contributed by atoms with Crippen LogP contribution < -0.4 is 5.73 Å². The van der Waals surface area contributed by atoms with Crippen molar-refractivity contribution in [2.24, 2.45) is 11.7 Å². The standard InChI is InChI=1S/C15H18N2O2/c16-14(18)13-8-11-4-1-2-5-12(11)9-17(13)15(19)10-6-3-7-10/h1-2,4-5,10,13H,3,6-9H2,(H2,16,18)/t13-/m0/s1. The minimum atomic E-state index is -0.483. The quantitative estimate of drug-likeness (QED) is 0.867. The number of benzene rings is 1. The maximum Gasteiger partial charge on any atom is 0.240 e. The second-order valence-electron chi connectivity index (χ2n) is 5.48. The van der Waals surface area contributed by atoms with Gasteiger partial charge in [-0.25, -0.2) is 0 Å². The second-order valence-corrected chi connectivity index (χ2v) is 5.48. The highest BCUT2D eigenvalue weighted by Crippen LogP contribution is 2.32. The summed E-state index contributed by atoms with van der Waals surface area (Å²) in [4.78, 5) is 25.7. The maximum atomic E-state index is 12.4. The van der Waals surface area contributed by atoms with Crippen molar-refractivity contribution in [3.8, 4) is 0 Å². The SMILES string of the molecule is NC(=O)[C@@H]1Cc2ccccc2CN1C(=O)C1CCC1. The van der Waals surface area contributed by atoms with E-state index >= 15 is 0 Å². The molecule has 0 spiro atoms. The predicted molar refractivity (Wildman–Crippen MR) is 71.0 cm³/mol. The number of primary amides is 1. The fourth-order valence-corrected chi connectivity index (χ4v) is 2.90. The molecule has 1 aromatic carbocycles. The summed E-state index contributed by atoms with van der Waals surface area (Å²) in [6.07, 6.45) is 3.55. The Kier molecular flexibility index (Phi) is 3.01. The number of hydrogen-bond acceptors (Lipinski definition) is 2. The highest BCUT2D eigenvalue weighted by atomic mass is 16.2. The fraction of sp³-hybridized carbons (Fsp3) is 0.467.